The van der Waals surface area contributed by atoms with Gasteiger partial charge < -0.3 is 22.9 Å². The second-order valence-electron chi connectivity index (χ2n) is 3.52. The fourth-order valence-corrected chi connectivity index (χ4v) is 1.43. The van der Waals surface area contributed by atoms with Gasteiger partial charge in [-0.3, -0.25) is 0 Å². The van der Waals surface area contributed by atoms with Gasteiger partial charge in [-0.15, -0.1) is 0 Å². The van der Waals surface area contributed by atoms with Crippen molar-refractivity contribution >= 4 is 46.0 Å². The van der Waals surface area contributed by atoms with Gasteiger partial charge in [0.25, 0.3) is 0 Å². The molecule has 0 atom stereocenters. The molecule has 0 amide bonds. The average Bonchev–Trinajstić information content (AvgIpc) is 2.31. The van der Waals surface area contributed by atoms with Gasteiger partial charge in [0, 0.05) is 0 Å². The van der Waals surface area contributed by atoms with Crippen LogP contribution in [0.1, 0.15) is 0 Å². The SMILES string of the molecule is Nc1cc(Cl)c(Cl)cc1N.Nc1ccccc1N. The van der Waals surface area contributed by atoms with Gasteiger partial charge in [-0.25, -0.2) is 0 Å². The smallest absolute Gasteiger partial charge is 0.0614 e. The number of hydrogen-bond donors (Lipinski definition) is 4. The van der Waals surface area contributed by atoms with Crippen LogP contribution in [0, 0.1) is 0 Å². The third kappa shape index (κ3) is 3.91. The molecule has 0 heterocycles. The monoisotopic (exact) mass is 284 g/mol. The summed E-state index contributed by atoms with van der Waals surface area (Å²) in [6.07, 6.45) is 0. The lowest BCUT2D eigenvalue weighted by atomic mass is 10.3. The third-order valence-corrected chi connectivity index (χ3v) is 2.84. The van der Waals surface area contributed by atoms with Crippen molar-refractivity contribution in [3.8, 4) is 0 Å². The molecule has 0 aromatic heterocycles. The number of rotatable bonds is 0. The maximum Gasteiger partial charge on any atom is 0.0614 e. The number of halogens is 2. The Balaban J connectivity index is 0.000000184. The van der Waals surface area contributed by atoms with E-state index in [-0.39, 0.29) is 0 Å². The fraction of sp³-hybridized carbons (Fsp3) is 0. The summed E-state index contributed by atoms with van der Waals surface area (Å²) in [6, 6.07) is 10.3. The van der Waals surface area contributed by atoms with E-state index in [1.54, 1.807) is 12.1 Å². The highest BCUT2D eigenvalue weighted by atomic mass is 35.5. The summed E-state index contributed by atoms with van der Waals surface area (Å²) >= 11 is 11.2. The van der Waals surface area contributed by atoms with Crippen LogP contribution in [0.5, 0.6) is 0 Å². The third-order valence-electron chi connectivity index (χ3n) is 2.12. The molecule has 0 aliphatic rings. The van der Waals surface area contributed by atoms with E-state index >= 15 is 0 Å². The standard InChI is InChI=1S/C6H6Cl2N2.C6H8N2/c7-3-1-5(9)6(10)2-4(3)8;7-5-3-1-2-4-6(5)8/h1-2H,9-10H2;1-4H,7-8H2. The van der Waals surface area contributed by atoms with E-state index in [9.17, 15) is 0 Å². The molecule has 0 unspecified atom stereocenters. The zero-order valence-electron chi connectivity index (χ0n) is 9.53. The molecule has 2 aromatic carbocycles. The number of anilines is 4. The Morgan fingerprint density at radius 1 is 0.611 bits per heavy atom. The summed E-state index contributed by atoms with van der Waals surface area (Å²) < 4.78 is 0. The van der Waals surface area contributed by atoms with E-state index in [0.717, 1.165) is 0 Å². The predicted octanol–water partition coefficient (Wildman–Crippen LogP) is 3.01. The lowest BCUT2D eigenvalue weighted by molar-refractivity contribution is 1.66. The van der Waals surface area contributed by atoms with Gasteiger partial charge in [0.15, 0.2) is 0 Å². The highest BCUT2D eigenvalue weighted by Crippen LogP contribution is 2.28. The van der Waals surface area contributed by atoms with Crippen LogP contribution in [0.4, 0.5) is 22.7 Å². The number of nitrogen functional groups attached to an aromatic ring is 4. The Morgan fingerprint density at radius 3 is 1.22 bits per heavy atom. The minimum Gasteiger partial charge on any atom is -0.397 e. The maximum absolute atomic E-state index is 5.62. The number of nitrogens with two attached hydrogens (primary N) is 4. The zero-order valence-corrected chi connectivity index (χ0v) is 11.0. The Labute approximate surface area is 115 Å². The molecule has 0 aliphatic heterocycles. The van der Waals surface area contributed by atoms with Crippen LogP contribution in [0.25, 0.3) is 0 Å². The van der Waals surface area contributed by atoms with E-state index in [1.165, 1.54) is 12.1 Å². The van der Waals surface area contributed by atoms with Crippen molar-refractivity contribution in [2.45, 2.75) is 0 Å². The molecule has 4 nitrogen and oxygen atoms in total. The first-order valence-electron chi connectivity index (χ1n) is 5.01. The van der Waals surface area contributed by atoms with Crippen LogP contribution in [-0.4, -0.2) is 0 Å². The quantitative estimate of drug-likeness (QED) is 0.558. The second-order valence-corrected chi connectivity index (χ2v) is 4.34. The number of hydrogen-bond acceptors (Lipinski definition) is 4. The summed E-state index contributed by atoms with van der Waals surface area (Å²) in [5.41, 5.74) is 23.8. The van der Waals surface area contributed by atoms with Crippen molar-refractivity contribution in [3.05, 3.63) is 46.4 Å². The molecular weight excluding hydrogens is 271 g/mol. The molecule has 18 heavy (non-hydrogen) atoms. The van der Waals surface area contributed by atoms with E-state index in [4.69, 9.17) is 46.1 Å². The molecule has 2 rings (SSSR count). The summed E-state index contributed by atoms with van der Waals surface area (Å²) in [6.45, 7) is 0. The molecule has 6 heteroatoms. The molecule has 2 aromatic rings. The highest BCUT2D eigenvalue weighted by Gasteiger charge is 2.00. The minimum atomic E-state index is 0.424. The van der Waals surface area contributed by atoms with Gasteiger partial charge in [-0.05, 0) is 24.3 Å². The van der Waals surface area contributed by atoms with Crippen LogP contribution in [0.3, 0.4) is 0 Å². The second kappa shape index (κ2) is 6.23. The molecular formula is C12H14Cl2N4. The molecule has 0 fully saturated rings. The van der Waals surface area contributed by atoms with Gasteiger partial charge in [-0.1, -0.05) is 35.3 Å². The van der Waals surface area contributed by atoms with Gasteiger partial charge in [0.2, 0.25) is 0 Å². The van der Waals surface area contributed by atoms with Crippen molar-refractivity contribution in [2.24, 2.45) is 0 Å². The van der Waals surface area contributed by atoms with Gasteiger partial charge in [0.05, 0.1) is 32.8 Å². The molecule has 0 aliphatic carbocycles. The fourth-order valence-electron chi connectivity index (χ4n) is 1.09. The largest absolute Gasteiger partial charge is 0.397 e. The van der Waals surface area contributed by atoms with E-state index < -0.39 is 0 Å². The minimum absolute atomic E-state index is 0.424. The average molecular weight is 285 g/mol. The molecule has 0 bridgehead atoms. The van der Waals surface area contributed by atoms with Gasteiger partial charge in [-0.2, -0.15) is 0 Å². The Morgan fingerprint density at radius 2 is 0.944 bits per heavy atom. The molecule has 0 saturated heterocycles. The molecule has 0 spiro atoms. The first-order valence-corrected chi connectivity index (χ1v) is 5.77. The summed E-state index contributed by atoms with van der Waals surface area (Å²) in [4.78, 5) is 0. The van der Waals surface area contributed by atoms with Gasteiger partial charge in [0.1, 0.15) is 0 Å². The maximum atomic E-state index is 5.62. The van der Waals surface area contributed by atoms with Crippen LogP contribution in [0.15, 0.2) is 36.4 Å². The summed E-state index contributed by atoms with van der Waals surface area (Å²) in [5.74, 6) is 0. The normalized spacial score (nSPS) is 9.44. The van der Waals surface area contributed by atoms with Crippen molar-refractivity contribution in [3.63, 3.8) is 0 Å². The van der Waals surface area contributed by atoms with Crippen LogP contribution in [-0.2, 0) is 0 Å². The highest BCUT2D eigenvalue weighted by molar-refractivity contribution is 6.42. The van der Waals surface area contributed by atoms with E-state index in [2.05, 4.69) is 0 Å². The van der Waals surface area contributed by atoms with Gasteiger partial charge >= 0.3 is 0 Å². The first kappa shape index (κ1) is 14.3. The van der Waals surface area contributed by atoms with Crippen LogP contribution < -0.4 is 22.9 Å². The Bertz CT molecular complexity index is 472. The summed E-state index contributed by atoms with van der Waals surface area (Å²) in [7, 11) is 0. The van der Waals surface area contributed by atoms with Crippen LogP contribution >= 0.6 is 23.2 Å². The first-order chi connectivity index (χ1) is 8.41. The van der Waals surface area contributed by atoms with E-state index in [0.29, 0.717) is 32.8 Å². The molecule has 8 N–H and O–H groups in total. The van der Waals surface area contributed by atoms with Crippen molar-refractivity contribution in [1.82, 2.24) is 0 Å². The molecule has 0 radical (unpaired) electrons. The van der Waals surface area contributed by atoms with E-state index in [1.807, 2.05) is 12.1 Å². The van der Waals surface area contributed by atoms with Crippen molar-refractivity contribution < 1.29 is 0 Å². The lowest BCUT2D eigenvalue weighted by Crippen LogP contribution is -1.93. The molecule has 0 saturated carbocycles. The van der Waals surface area contributed by atoms with Crippen molar-refractivity contribution in [1.29, 1.82) is 0 Å². The van der Waals surface area contributed by atoms with Crippen molar-refractivity contribution in [2.75, 3.05) is 22.9 Å². The Kier molecular flexibility index (Phi) is 4.95. The summed E-state index contributed by atoms with van der Waals surface area (Å²) in [5, 5.41) is 0.849. The van der Waals surface area contributed by atoms with Crippen LogP contribution in [0.2, 0.25) is 10.0 Å². The topological polar surface area (TPSA) is 104 Å². The Hall–Kier alpha value is -1.78. The zero-order chi connectivity index (χ0) is 13.7. The molecule has 96 valence electrons. The lowest BCUT2D eigenvalue weighted by Gasteiger charge is -2.00. The number of para-hydroxylation sites is 2. The predicted molar refractivity (Wildman–Crippen MR) is 80.6 cm³/mol. The number of benzene rings is 2.